The maximum absolute atomic E-state index is 13.6. The molecule has 42 heavy (non-hydrogen) atoms. The molecule has 4 aliphatic carbocycles. The molecule has 14 atom stereocenters. The van der Waals surface area contributed by atoms with Crippen LogP contribution in [0.15, 0.2) is 0 Å². The molecule has 8 heteroatoms. The smallest absolute Gasteiger partial charge is 0.405 e. The number of aliphatic hydroxyl groups excluding tert-OH is 2. The van der Waals surface area contributed by atoms with Gasteiger partial charge in [-0.1, -0.05) is 20.8 Å². The van der Waals surface area contributed by atoms with E-state index in [4.69, 9.17) is 18.8 Å². The number of ether oxygens (including phenoxy) is 2. The molecule has 7 nitrogen and oxygen atoms in total. The number of ketones is 1. The van der Waals surface area contributed by atoms with Crippen LogP contribution in [0, 0.1) is 46.3 Å². The lowest BCUT2D eigenvalue weighted by molar-refractivity contribution is -0.184. The van der Waals surface area contributed by atoms with Gasteiger partial charge in [-0.15, -0.1) is 0 Å². The molecule has 0 amide bonds. The molecule has 0 radical (unpaired) electrons. The van der Waals surface area contributed by atoms with E-state index in [1.165, 1.54) is 0 Å². The number of hydrogen-bond donors (Lipinski definition) is 2. The van der Waals surface area contributed by atoms with Crippen LogP contribution >= 0.6 is 0 Å². The van der Waals surface area contributed by atoms with E-state index in [1.807, 2.05) is 6.82 Å². The number of carbonyl (C=O) groups is 1. The highest BCUT2D eigenvalue weighted by molar-refractivity contribution is 6.43. The Labute approximate surface area is 254 Å². The second kappa shape index (κ2) is 11.4. The molecule has 2 saturated heterocycles. The van der Waals surface area contributed by atoms with Crippen molar-refractivity contribution >= 4 is 12.9 Å². The molecule has 2 N–H and O–H groups in total. The summed E-state index contributed by atoms with van der Waals surface area (Å²) in [7, 11) is -0.284. The summed E-state index contributed by atoms with van der Waals surface area (Å²) in [5.74, 6) is 2.24. The van der Waals surface area contributed by atoms with E-state index in [0.29, 0.717) is 55.3 Å². The summed E-state index contributed by atoms with van der Waals surface area (Å²) in [6, 6.07) is 0. The van der Waals surface area contributed by atoms with Crippen molar-refractivity contribution in [3.05, 3.63) is 0 Å². The molecule has 3 unspecified atom stereocenters. The third-order valence-electron chi connectivity index (χ3n) is 13.5. The first-order valence-corrected chi connectivity index (χ1v) is 17.3. The molecule has 0 aromatic heterocycles. The van der Waals surface area contributed by atoms with E-state index < -0.39 is 17.8 Å². The molecule has 0 spiro atoms. The van der Waals surface area contributed by atoms with Gasteiger partial charge in [0.2, 0.25) is 0 Å². The lowest BCUT2D eigenvalue weighted by Gasteiger charge is -2.61. The van der Waals surface area contributed by atoms with E-state index in [-0.39, 0.29) is 54.2 Å². The Kier molecular flexibility index (Phi) is 8.53. The number of Topliss-reactive ketones (excluding diaryl/α,β-unsaturated/α-hetero) is 1. The van der Waals surface area contributed by atoms with Gasteiger partial charge in [0.05, 0.1) is 36.1 Å². The van der Waals surface area contributed by atoms with Gasteiger partial charge < -0.3 is 29.0 Å². The molecular formula is C34H57BO7. The molecule has 0 aromatic rings. The van der Waals surface area contributed by atoms with Crippen molar-refractivity contribution in [1.29, 1.82) is 0 Å². The fourth-order valence-corrected chi connectivity index (χ4v) is 11.6. The maximum atomic E-state index is 13.6. The standard InChI is InChI=1S/C34H57BO7/c1-19-10-8-9-15-39-31(32(3,4)40-19)30-29(41-35(7)42-30)20(2)22-11-12-23-21-16-26(36)25-17-27(37)28(38)18-34(25,6)24(21)13-14-33(22,23)5/h19-25,27-31,37-38H,8-18H2,1-7H3/t19?,20-,21-,22+,23-,24-,25?,27-,28+,29+,30-,31?,33+,34+/m0/s1. The summed E-state index contributed by atoms with van der Waals surface area (Å²) in [5, 5.41) is 21.1. The summed E-state index contributed by atoms with van der Waals surface area (Å²) in [4.78, 5) is 13.6. The number of hydrogen-bond acceptors (Lipinski definition) is 7. The number of carbonyl (C=O) groups excluding carboxylic acids is 1. The quantitative estimate of drug-likeness (QED) is 0.424. The van der Waals surface area contributed by atoms with Gasteiger partial charge in [-0.2, -0.15) is 0 Å². The average molecular weight is 589 g/mol. The monoisotopic (exact) mass is 588 g/mol. The molecule has 238 valence electrons. The van der Waals surface area contributed by atoms with Crippen LogP contribution in [0.5, 0.6) is 0 Å². The highest BCUT2D eigenvalue weighted by Crippen LogP contribution is 2.68. The molecule has 6 aliphatic rings. The first-order chi connectivity index (χ1) is 19.8. The van der Waals surface area contributed by atoms with Crippen molar-refractivity contribution < 1.29 is 33.8 Å². The summed E-state index contributed by atoms with van der Waals surface area (Å²) in [6.07, 6.45) is 7.50. The van der Waals surface area contributed by atoms with Crippen molar-refractivity contribution in [3.63, 3.8) is 0 Å². The van der Waals surface area contributed by atoms with Crippen LogP contribution in [0.2, 0.25) is 6.82 Å². The van der Waals surface area contributed by atoms with Crippen LogP contribution in [0.3, 0.4) is 0 Å². The summed E-state index contributed by atoms with van der Waals surface area (Å²) >= 11 is 0. The van der Waals surface area contributed by atoms with Crippen molar-refractivity contribution in [1.82, 2.24) is 0 Å². The Hall–Kier alpha value is -0.505. The van der Waals surface area contributed by atoms with Crippen molar-refractivity contribution in [2.75, 3.05) is 6.61 Å². The Balaban J connectivity index is 1.23. The average Bonchev–Trinajstić information content (AvgIpc) is 3.47. The van der Waals surface area contributed by atoms with Gasteiger partial charge in [-0.25, -0.2) is 0 Å². The van der Waals surface area contributed by atoms with Crippen LogP contribution in [-0.4, -0.2) is 71.9 Å². The van der Waals surface area contributed by atoms with Crippen LogP contribution < -0.4 is 0 Å². The zero-order valence-electron chi connectivity index (χ0n) is 27.2. The predicted octanol–water partition coefficient (Wildman–Crippen LogP) is 5.45. The van der Waals surface area contributed by atoms with Gasteiger partial charge in [0.25, 0.3) is 0 Å². The molecule has 6 rings (SSSR count). The first kappa shape index (κ1) is 31.5. The number of fused-ring (bicyclic) bond motifs is 5. The molecule has 0 bridgehead atoms. The van der Waals surface area contributed by atoms with Crippen molar-refractivity contribution in [3.8, 4) is 0 Å². The zero-order valence-corrected chi connectivity index (χ0v) is 27.2. The topological polar surface area (TPSA) is 94.5 Å². The van der Waals surface area contributed by atoms with Crippen LogP contribution in [0.25, 0.3) is 0 Å². The molecular weight excluding hydrogens is 531 g/mol. The minimum atomic E-state index is -0.775. The molecule has 4 saturated carbocycles. The highest BCUT2D eigenvalue weighted by atomic mass is 16.7. The van der Waals surface area contributed by atoms with Gasteiger partial charge in [-0.05, 0) is 126 Å². The molecule has 6 fully saturated rings. The van der Waals surface area contributed by atoms with Crippen LogP contribution in [0.4, 0.5) is 0 Å². The molecule has 2 aliphatic heterocycles. The van der Waals surface area contributed by atoms with E-state index in [2.05, 4.69) is 41.5 Å². The minimum absolute atomic E-state index is 0.0768. The van der Waals surface area contributed by atoms with Gasteiger partial charge in [0, 0.05) is 18.9 Å². The van der Waals surface area contributed by atoms with Gasteiger partial charge in [0.15, 0.2) is 0 Å². The Morgan fingerprint density at radius 3 is 2.45 bits per heavy atom. The van der Waals surface area contributed by atoms with Crippen molar-refractivity contribution in [2.24, 2.45) is 46.3 Å². The summed E-state index contributed by atoms with van der Waals surface area (Å²) < 4.78 is 26.3. The SMILES string of the molecule is CB1O[C@H]([C@@H](C)[C@H]2CC[C@H]3[C@@H]4CC(=O)C5C[C@H](O)[C@H](O)C[C@]5(C)[C@H]4CC[C@]23C)[C@@H](C2OCCCCC(C)OC2(C)C)O1. The molecule has 0 aromatic carbocycles. The van der Waals surface area contributed by atoms with Gasteiger partial charge >= 0.3 is 7.12 Å². The number of rotatable bonds is 3. The second-order valence-corrected chi connectivity index (χ2v) is 16.4. The Bertz CT molecular complexity index is 1010. The number of aliphatic hydroxyl groups is 2. The van der Waals surface area contributed by atoms with Gasteiger partial charge in [0.1, 0.15) is 11.9 Å². The third kappa shape index (κ3) is 5.16. The Morgan fingerprint density at radius 1 is 0.952 bits per heavy atom. The van der Waals surface area contributed by atoms with Crippen LogP contribution in [-0.2, 0) is 23.6 Å². The zero-order chi connectivity index (χ0) is 30.2. The van der Waals surface area contributed by atoms with E-state index in [9.17, 15) is 15.0 Å². The highest BCUT2D eigenvalue weighted by Gasteiger charge is 2.64. The summed E-state index contributed by atoms with van der Waals surface area (Å²) in [5.41, 5.74) is -0.577. The van der Waals surface area contributed by atoms with Crippen LogP contribution in [0.1, 0.15) is 106 Å². The van der Waals surface area contributed by atoms with E-state index >= 15 is 0 Å². The predicted molar refractivity (Wildman–Crippen MR) is 162 cm³/mol. The third-order valence-corrected chi connectivity index (χ3v) is 13.5. The van der Waals surface area contributed by atoms with Gasteiger partial charge in [-0.3, -0.25) is 4.79 Å². The summed E-state index contributed by atoms with van der Waals surface area (Å²) in [6.45, 7) is 16.3. The minimum Gasteiger partial charge on any atom is -0.405 e. The fraction of sp³-hybridized carbons (Fsp3) is 0.971. The maximum Gasteiger partial charge on any atom is 0.454 e. The largest absolute Gasteiger partial charge is 0.454 e. The fourth-order valence-electron chi connectivity index (χ4n) is 11.6. The normalized spacial score (nSPS) is 52.0. The second-order valence-electron chi connectivity index (χ2n) is 16.4. The molecule has 2 heterocycles. The lowest BCUT2D eigenvalue weighted by Crippen LogP contribution is -2.60. The first-order valence-electron chi connectivity index (χ1n) is 17.3. The Morgan fingerprint density at radius 2 is 1.69 bits per heavy atom. The lowest BCUT2D eigenvalue weighted by atomic mass is 9.44. The van der Waals surface area contributed by atoms with Crippen molar-refractivity contribution in [2.45, 2.75) is 155 Å². The van der Waals surface area contributed by atoms with E-state index in [0.717, 1.165) is 44.9 Å². The van der Waals surface area contributed by atoms with E-state index in [1.54, 1.807) is 0 Å².